The molecule has 3 N–H and O–H groups in total. The first kappa shape index (κ1) is 15.0. The lowest BCUT2D eigenvalue weighted by Crippen LogP contribution is -2.34. The maximum Gasteiger partial charge on any atom is 0.224 e. The van der Waals surface area contributed by atoms with Gasteiger partial charge in [-0.25, -0.2) is 0 Å². The molecular weight excluding hydrogens is 248 g/mol. The van der Waals surface area contributed by atoms with Gasteiger partial charge in [-0.15, -0.1) is 0 Å². The molecule has 0 saturated heterocycles. The predicted octanol–water partition coefficient (Wildman–Crippen LogP) is 2.63. The molecule has 0 spiro atoms. The summed E-state index contributed by atoms with van der Waals surface area (Å²) in [4.78, 5) is 12.1. The highest BCUT2D eigenvalue weighted by molar-refractivity contribution is 5.78. The van der Waals surface area contributed by atoms with E-state index in [-0.39, 0.29) is 5.91 Å². The number of benzene rings is 1. The van der Waals surface area contributed by atoms with Gasteiger partial charge in [0.15, 0.2) is 0 Å². The van der Waals surface area contributed by atoms with E-state index < -0.39 is 0 Å². The lowest BCUT2D eigenvalue weighted by molar-refractivity contribution is -0.120. The minimum atomic E-state index is 0.115. The van der Waals surface area contributed by atoms with E-state index in [9.17, 15) is 4.79 Å². The first-order valence-corrected chi connectivity index (χ1v) is 7.74. The number of hydrogen-bond donors (Lipinski definition) is 2. The first-order chi connectivity index (χ1) is 9.70. The highest BCUT2D eigenvalue weighted by atomic mass is 16.1. The van der Waals surface area contributed by atoms with Crippen LogP contribution >= 0.6 is 0 Å². The molecule has 3 heteroatoms. The summed E-state index contributed by atoms with van der Waals surface area (Å²) >= 11 is 0. The molecule has 2 unspecified atom stereocenters. The third kappa shape index (κ3) is 4.07. The molecular formula is C17H26N2O. The van der Waals surface area contributed by atoms with Crippen molar-refractivity contribution in [2.75, 3.05) is 6.54 Å². The largest absolute Gasteiger partial charge is 0.356 e. The molecule has 1 amide bonds. The minimum absolute atomic E-state index is 0.115. The Morgan fingerprint density at radius 1 is 1.25 bits per heavy atom. The molecule has 0 aliphatic heterocycles. The van der Waals surface area contributed by atoms with Crippen molar-refractivity contribution in [1.29, 1.82) is 0 Å². The zero-order valence-corrected chi connectivity index (χ0v) is 12.4. The van der Waals surface area contributed by atoms with Crippen LogP contribution in [0, 0.1) is 11.8 Å². The van der Waals surface area contributed by atoms with Crippen molar-refractivity contribution in [3.8, 4) is 0 Å². The maximum atomic E-state index is 12.1. The maximum absolute atomic E-state index is 12.1. The number of carbonyl (C=O) groups is 1. The van der Waals surface area contributed by atoms with Crippen LogP contribution in [0.25, 0.3) is 0 Å². The molecule has 3 nitrogen and oxygen atoms in total. The monoisotopic (exact) mass is 274 g/mol. The summed E-state index contributed by atoms with van der Waals surface area (Å²) in [7, 11) is 0. The third-order valence-corrected chi connectivity index (χ3v) is 4.54. The van der Waals surface area contributed by atoms with Crippen molar-refractivity contribution >= 4 is 5.91 Å². The van der Waals surface area contributed by atoms with Crippen molar-refractivity contribution in [3.63, 3.8) is 0 Å². The van der Waals surface area contributed by atoms with E-state index in [4.69, 9.17) is 5.73 Å². The molecule has 1 aliphatic rings. The fourth-order valence-corrected chi connectivity index (χ4v) is 3.11. The van der Waals surface area contributed by atoms with Gasteiger partial charge in [-0.2, -0.15) is 0 Å². The average molecular weight is 274 g/mol. The molecule has 20 heavy (non-hydrogen) atoms. The summed E-state index contributed by atoms with van der Waals surface area (Å²) in [5.74, 6) is 1.50. The van der Waals surface area contributed by atoms with Gasteiger partial charge in [-0.05, 0) is 29.4 Å². The molecule has 0 heterocycles. The van der Waals surface area contributed by atoms with Gasteiger partial charge in [-0.3, -0.25) is 4.79 Å². The number of amides is 1. The number of nitrogens with one attached hydrogen (secondary N) is 1. The quantitative estimate of drug-likeness (QED) is 0.867. The van der Waals surface area contributed by atoms with Crippen LogP contribution < -0.4 is 11.1 Å². The number of rotatable bonds is 5. The SMILES string of the molecule is CC1CCCCC1CNC(=O)Cc1ccccc1CN. The van der Waals surface area contributed by atoms with Crippen molar-refractivity contribution < 1.29 is 4.79 Å². The van der Waals surface area contributed by atoms with E-state index in [2.05, 4.69) is 12.2 Å². The van der Waals surface area contributed by atoms with Crippen molar-refractivity contribution in [1.82, 2.24) is 5.32 Å². The van der Waals surface area contributed by atoms with Crippen LogP contribution in [0.2, 0.25) is 0 Å². The molecule has 0 radical (unpaired) electrons. The van der Waals surface area contributed by atoms with Gasteiger partial charge in [-0.1, -0.05) is 50.5 Å². The number of hydrogen-bond acceptors (Lipinski definition) is 2. The Hall–Kier alpha value is -1.35. The summed E-state index contributed by atoms with van der Waals surface area (Å²) in [6.07, 6.45) is 5.64. The zero-order valence-electron chi connectivity index (χ0n) is 12.4. The van der Waals surface area contributed by atoms with Gasteiger partial charge in [0.2, 0.25) is 5.91 Å². The van der Waals surface area contributed by atoms with E-state index in [1.54, 1.807) is 0 Å². The van der Waals surface area contributed by atoms with E-state index in [0.717, 1.165) is 23.6 Å². The van der Waals surface area contributed by atoms with E-state index in [0.29, 0.717) is 18.9 Å². The van der Waals surface area contributed by atoms with Crippen LogP contribution in [0.5, 0.6) is 0 Å². The topological polar surface area (TPSA) is 55.1 Å². The van der Waals surface area contributed by atoms with Gasteiger partial charge in [0.1, 0.15) is 0 Å². The third-order valence-electron chi connectivity index (χ3n) is 4.54. The smallest absolute Gasteiger partial charge is 0.224 e. The average Bonchev–Trinajstić information content (AvgIpc) is 2.47. The Morgan fingerprint density at radius 3 is 2.65 bits per heavy atom. The van der Waals surface area contributed by atoms with Crippen molar-refractivity contribution in [2.45, 2.75) is 45.6 Å². The summed E-state index contributed by atoms with van der Waals surface area (Å²) in [6.45, 7) is 3.62. The predicted molar refractivity (Wildman–Crippen MR) is 82.2 cm³/mol. The fraction of sp³-hybridized carbons (Fsp3) is 0.588. The molecule has 2 rings (SSSR count). The van der Waals surface area contributed by atoms with E-state index in [1.165, 1.54) is 25.7 Å². The lowest BCUT2D eigenvalue weighted by atomic mass is 9.80. The second kappa shape index (κ2) is 7.44. The second-order valence-electron chi connectivity index (χ2n) is 5.98. The Labute approximate surface area is 121 Å². The van der Waals surface area contributed by atoms with Crippen LogP contribution in [0.1, 0.15) is 43.7 Å². The van der Waals surface area contributed by atoms with Crippen molar-refractivity contribution in [2.24, 2.45) is 17.6 Å². The summed E-state index contributed by atoms with van der Waals surface area (Å²) in [6, 6.07) is 7.91. The number of carbonyl (C=O) groups excluding carboxylic acids is 1. The second-order valence-corrected chi connectivity index (χ2v) is 5.98. The van der Waals surface area contributed by atoms with Crippen LogP contribution in [-0.2, 0) is 17.8 Å². The summed E-state index contributed by atoms with van der Waals surface area (Å²) in [5.41, 5.74) is 7.81. The van der Waals surface area contributed by atoms with Crippen LogP contribution in [0.3, 0.4) is 0 Å². The zero-order chi connectivity index (χ0) is 14.4. The molecule has 1 aliphatic carbocycles. The van der Waals surface area contributed by atoms with E-state index in [1.807, 2.05) is 24.3 Å². The van der Waals surface area contributed by atoms with Gasteiger partial charge < -0.3 is 11.1 Å². The van der Waals surface area contributed by atoms with Gasteiger partial charge >= 0.3 is 0 Å². The Morgan fingerprint density at radius 2 is 1.95 bits per heavy atom. The normalized spacial score (nSPS) is 22.5. The summed E-state index contributed by atoms with van der Waals surface area (Å²) < 4.78 is 0. The summed E-state index contributed by atoms with van der Waals surface area (Å²) in [5, 5.41) is 3.10. The van der Waals surface area contributed by atoms with Gasteiger partial charge in [0.05, 0.1) is 6.42 Å². The van der Waals surface area contributed by atoms with E-state index >= 15 is 0 Å². The van der Waals surface area contributed by atoms with Crippen molar-refractivity contribution in [3.05, 3.63) is 35.4 Å². The lowest BCUT2D eigenvalue weighted by Gasteiger charge is -2.28. The Balaban J connectivity index is 1.83. The molecule has 110 valence electrons. The molecule has 1 aromatic rings. The Kier molecular flexibility index (Phi) is 5.60. The highest BCUT2D eigenvalue weighted by Crippen LogP contribution is 2.28. The molecule has 2 atom stereocenters. The van der Waals surface area contributed by atoms with Crippen LogP contribution in [-0.4, -0.2) is 12.5 Å². The standard InChI is InChI=1S/C17H26N2O/c1-13-6-2-3-9-16(13)12-19-17(20)10-14-7-4-5-8-15(14)11-18/h4-5,7-8,13,16H,2-3,6,9-12,18H2,1H3,(H,19,20). The Bertz CT molecular complexity index is 444. The first-order valence-electron chi connectivity index (χ1n) is 7.74. The van der Waals surface area contributed by atoms with Gasteiger partial charge in [0, 0.05) is 13.1 Å². The van der Waals surface area contributed by atoms with Gasteiger partial charge in [0.25, 0.3) is 0 Å². The fourth-order valence-electron chi connectivity index (χ4n) is 3.11. The highest BCUT2D eigenvalue weighted by Gasteiger charge is 2.21. The molecule has 1 saturated carbocycles. The van der Waals surface area contributed by atoms with Crippen LogP contribution in [0.15, 0.2) is 24.3 Å². The molecule has 1 fully saturated rings. The molecule has 0 bridgehead atoms. The minimum Gasteiger partial charge on any atom is -0.356 e. The molecule has 1 aromatic carbocycles. The van der Waals surface area contributed by atoms with Crippen LogP contribution in [0.4, 0.5) is 0 Å². The molecule has 0 aromatic heterocycles. The number of nitrogens with two attached hydrogens (primary N) is 1.